The molecule has 1 aromatic carbocycles. The first-order valence-electron chi connectivity index (χ1n) is 6.86. The normalized spacial score (nSPS) is 12.7. The summed E-state index contributed by atoms with van der Waals surface area (Å²) in [4.78, 5) is 4.39. The van der Waals surface area contributed by atoms with Gasteiger partial charge in [0.25, 0.3) is 0 Å². The minimum absolute atomic E-state index is 0.494. The van der Waals surface area contributed by atoms with E-state index in [-0.39, 0.29) is 0 Å². The van der Waals surface area contributed by atoms with Crippen LogP contribution in [0.2, 0.25) is 0 Å². The van der Waals surface area contributed by atoms with Gasteiger partial charge >= 0.3 is 0 Å². The van der Waals surface area contributed by atoms with Crippen molar-refractivity contribution in [1.82, 2.24) is 4.98 Å². The number of rotatable bonds is 4. The van der Waals surface area contributed by atoms with Crippen molar-refractivity contribution in [2.75, 3.05) is 0 Å². The van der Waals surface area contributed by atoms with Gasteiger partial charge in [-0.25, -0.2) is 0 Å². The van der Waals surface area contributed by atoms with Crippen LogP contribution in [-0.4, -0.2) is 10.1 Å². The maximum atomic E-state index is 10.4. The van der Waals surface area contributed by atoms with E-state index in [0.717, 1.165) is 28.6 Å². The summed E-state index contributed by atoms with van der Waals surface area (Å²) in [5.41, 5.74) is 3.72. The second kappa shape index (κ2) is 5.47. The Labute approximate surface area is 117 Å². The molecule has 0 aliphatic heterocycles. The fourth-order valence-electron chi connectivity index (χ4n) is 2.35. The zero-order valence-corrected chi connectivity index (χ0v) is 11.4. The van der Waals surface area contributed by atoms with Gasteiger partial charge in [-0.15, -0.1) is 0 Å². The van der Waals surface area contributed by atoms with Crippen molar-refractivity contribution in [3.05, 3.63) is 65.7 Å². The summed E-state index contributed by atoms with van der Waals surface area (Å²) < 4.78 is 5.46. The molecule has 3 aromatic rings. The van der Waals surface area contributed by atoms with E-state index < -0.39 is 6.10 Å². The molecule has 0 spiro atoms. The zero-order chi connectivity index (χ0) is 13.9. The highest BCUT2D eigenvalue weighted by atomic mass is 16.3. The van der Waals surface area contributed by atoms with Crippen molar-refractivity contribution in [2.24, 2.45) is 0 Å². The third-order valence-electron chi connectivity index (χ3n) is 3.57. The lowest BCUT2D eigenvalue weighted by Crippen LogP contribution is -2.03. The largest absolute Gasteiger partial charge is 0.464 e. The second-order valence-electron chi connectivity index (χ2n) is 4.92. The summed E-state index contributed by atoms with van der Waals surface area (Å²) in [6.07, 6.45) is 4.37. The number of hydrogen-bond acceptors (Lipinski definition) is 3. The second-order valence-corrected chi connectivity index (χ2v) is 4.92. The van der Waals surface area contributed by atoms with Gasteiger partial charge < -0.3 is 9.52 Å². The van der Waals surface area contributed by atoms with Crippen molar-refractivity contribution in [2.45, 2.75) is 25.9 Å². The summed E-state index contributed by atoms with van der Waals surface area (Å²) in [7, 11) is 0. The third kappa shape index (κ3) is 2.45. The molecule has 1 N–H and O–H groups in total. The van der Waals surface area contributed by atoms with Crippen LogP contribution in [0.4, 0.5) is 0 Å². The van der Waals surface area contributed by atoms with Crippen LogP contribution >= 0.6 is 0 Å². The lowest BCUT2D eigenvalue weighted by Gasteiger charge is -2.09. The summed E-state index contributed by atoms with van der Waals surface area (Å²) >= 11 is 0. The topological polar surface area (TPSA) is 46.3 Å². The summed E-state index contributed by atoms with van der Waals surface area (Å²) in [5, 5.41) is 11.4. The molecule has 3 rings (SSSR count). The highest BCUT2D eigenvalue weighted by Gasteiger charge is 2.15. The molecule has 0 amide bonds. The van der Waals surface area contributed by atoms with Gasteiger partial charge in [-0.1, -0.05) is 31.2 Å². The third-order valence-corrected chi connectivity index (χ3v) is 3.57. The molecule has 3 nitrogen and oxygen atoms in total. The Bertz CT molecular complexity index is 700. The summed E-state index contributed by atoms with van der Waals surface area (Å²) in [5.74, 6) is 0. The van der Waals surface area contributed by atoms with Crippen LogP contribution in [0, 0.1) is 0 Å². The standard InChI is InChI=1S/C17H17NO2/c1-2-12-7-8-13(18-10-12)9-16(19)15-11-20-17-6-4-3-5-14(15)17/h3-8,10-11,16,19H,2,9H2,1H3. The zero-order valence-electron chi connectivity index (χ0n) is 11.4. The van der Waals surface area contributed by atoms with E-state index in [4.69, 9.17) is 4.42 Å². The molecule has 20 heavy (non-hydrogen) atoms. The maximum absolute atomic E-state index is 10.4. The first kappa shape index (κ1) is 12.9. The van der Waals surface area contributed by atoms with E-state index in [2.05, 4.69) is 18.0 Å². The lowest BCUT2D eigenvalue weighted by atomic mass is 10.0. The van der Waals surface area contributed by atoms with Crippen molar-refractivity contribution in [3.63, 3.8) is 0 Å². The first-order chi connectivity index (χ1) is 9.78. The minimum atomic E-state index is -0.598. The molecule has 2 heterocycles. The molecule has 0 saturated carbocycles. The van der Waals surface area contributed by atoms with Crippen LogP contribution in [0.25, 0.3) is 11.0 Å². The molecule has 2 aromatic heterocycles. The molecule has 0 saturated heterocycles. The van der Waals surface area contributed by atoms with E-state index in [1.807, 2.05) is 36.5 Å². The lowest BCUT2D eigenvalue weighted by molar-refractivity contribution is 0.177. The number of pyridine rings is 1. The number of para-hydroxylation sites is 1. The Morgan fingerprint density at radius 3 is 2.80 bits per heavy atom. The number of furan rings is 1. The molecule has 3 heteroatoms. The van der Waals surface area contributed by atoms with Crippen LogP contribution in [-0.2, 0) is 12.8 Å². The number of benzene rings is 1. The fourth-order valence-corrected chi connectivity index (χ4v) is 2.35. The molecule has 1 unspecified atom stereocenters. The molecular weight excluding hydrogens is 250 g/mol. The smallest absolute Gasteiger partial charge is 0.134 e. The van der Waals surface area contributed by atoms with Gasteiger partial charge in [0, 0.05) is 29.3 Å². The number of nitrogens with zero attached hydrogens (tertiary/aromatic N) is 1. The Morgan fingerprint density at radius 1 is 1.20 bits per heavy atom. The average Bonchev–Trinajstić information content (AvgIpc) is 2.92. The van der Waals surface area contributed by atoms with E-state index in [1.54, 1.807) is 6.26 Å². The number of aryl methyl sites for hydroxylation is 1. The molecule has 0 bridgehead atoms. The number of aliphatic hydroxyl groups is 1. The predicted molar refractivity (Wildman–Crippen MR) is 78.5 cm³/mol. The van der Waals surface area contributed by atoms with Crippen molar-refractivity contribution in [3.8, 4) is 0 Å². The predicted octanol–water partition coefficient (Wildman–Crippen LogP) is 3.67. The van der Waals surface area contributed by atoms with Gasteiger partial charge in [0.05, 0.1) is 12.4 Å². The van der Waals surface area contributed by atoms with Gasteiger partial charge in [-0.2, -0.15) is 0 Å². The molecular formula is C17H17NO2. The first-order valence-corrected chi connectivity index (χ1v) is 6.86. The Kier molecular flexibility index (Phi) is 3.52. The number of aliphatic hydroxyl groups excluding tert-OH is 1. The molecule has 0 fully saturated rings. The monoisotopic (exact) mass is 267 g/mol. The van der Waals surface area contributed by atoms with Gasteiger partial charge in [0.1, 0.15) is 5.58 Å². The van der Waals surface area contributed by atoms with Crippen LogP contribution < -0.4 is 0 Å². The van der Waals surface area contributed by atoms with E-state index in [0.29, 0.717) is 6.42 Å². The van der Waals surface area contributed by atoms with E-state index in [9.17, 15) is 5.11 Å². The SMILES string of the molecule is CCc1ccc(CC(O)c2coc3ccccc23)nc1. The van der Waals surface area contributed by atoms with Crippen LogP contribution in [0.5, 0.6) is 0 Å². The Morgan fingerprint density at radius 2 is 2.05 bits per heavy atom. The van der Waals surface area contributed by atoms with E-state index >= 15 is 0 Å². The quantitative estimate of drug-likeness (QED) is 0.784. The van der Waals surface area contributed by atoms with Crippen LogP contribution in [0.15, 0.2) is 53.3 Å². The average molecular weight is 267 g/mol. The van der Waals surface area contributed by atoms with Gasteiger partial charge in [0.15, 0.2) is 0 Å². The molecule has 102 valence electrons. The fraction of sp³-hybridized carbons (Fsp3) is 0.235. The number of hydrogen-bond donors (Lipinski definition) is 1. The number of fused-ring (bicyclic) bond motifs is 1. The number of aromatic nitrogens is 1. The van der Waals surface area contributed by atoms with Gasteiger partial charge in [0.2, 0.25) is 0 Å². The van der Waals surface area contributed by atoms with Crippen LogP contribution in [0.3, 0.4) is 0 Å². The molecule has 0 radical (unpaired) electrons. The van der Waals surface area contributed by atoms with Crippen molar-refractivity contribution >= 4 is 11.0 Å². The van der Waals surface area contributed by atoms with Gasteiger partial charge in [-0.3, -0.25) is 4.98 Å². The van der Waals surface area contributed by atoms with Gasteiger partial charge in [-0.05, 0) is 24.1 Å². The Balaban J connectivity index is 1.83. The molecule has 0 aliphatic carbocycles. The Hall–Kier alpha value is -2.13. The maximum Gasteiger partial charge on any atom is 0.134 e. The highest BCUT2D eigenvalue weighted by molar-refractivity contribution is 5.81. The van der Waals surface area contributed by atoms with Crippen molar-refractivity contribution < 1.29 is 9.52 Å². The van der Waals surface area contributed by atoms with E-state index in [1.165, 1.54) is 5.56 Å². The molecule has 0 aliphatic rings. The minimum Gasteiger partial charge on any atom is -0.464 e. The summed E-state index contributed by atoms with van der Waals surface area (Å²) in [6.45, 7) is 2.10. The van der Waals surface area contributed by atoms with Crippen molar-refractivity contribution in [1.29, 1.82) is 0 Å². The summed E-state index contributed by atoms with van der Waals surface area (Å²) in [6, 6.07) is 11.8. The molecule has 1 atom stereocenters. The van der Waals surface area contributed by atoms with Crippen LogP contribution in [0.1, 0.15) is 29.8 Å². The highest BCUT2D eigenvalue weighted by Crippen LogP contribution is 2.28.